The lowest BCUT2D eigenvalue weighted by molar-refractivity contribution is -0.0266. The van der Waals surface area contributed by atoms with Crippen LogP contribution in [-0.4, -0.2) is 16.2 Å². The smallest absolute Gasteiger partial charge is 0.124 e. The van der Waals surface area contributed by atoms with Crippen molar-refractivity contribution in [2.45, 2.75) is 38.9 Å². The van der Waals surface area contributed by atoms with Crippen molar-refractivity contribution in [2.75, 3.05) is 5.23 Å². The summed E-state index contributed by atoms with van der Waals surface area (Å²) in [5, 5.41) is 2.67. The summed E-state index contributed by atoms with van der Waals surface area (Å²) in [6, 6.07) is 8.07. The number of hydrogen-bond donors (Lipinski definition) is 1. The molecule has 4 heteroatoms. The van der Waals surface area contributed by atoms with E-state index < -0.39 is 0 Å². The summed E-state index contributed by atoms with van der Waals surface area (Å²) in [5.74, 6) is 0. The Bertz CT molecular complexity index is 570. The van der Waals surface area contributed by atoms with Crippen molar-refractivity contribution in [3.05, 3.63) is 30.5 Å². The normalized spacial score (nSPS) is 21.7. The van der Waals surface area contributed by atoms with Gasteiger partial charge in [-0.15, -0.1) is 5.23 Å². The maximum Gasteiger partial charge on any atom is 0.124 e. The molecule has 18 heavy (non-hydrogen) atoms. The van der Waals surface area contributed by atoms with Gasteiger partial charge in [0.05, 0.1) is 5.52 Å². The summed E-state index contributed by atoms with van der Waals surface area (Å²) in [5.41, 5.74) is 1.17. The second kappa shape index (κ2) is 3.49. The molecule has 1 aromatic heterocycles. The quantitative estimate of drug-likeness (QED) is 0.837. The molecule has 3 rings (SSSR count). The van der Waals surface area contributed by atoms with Crippen LogP contribution in [0.2, 0.25) is 0 Å². The molecule has 1 fully saturated rings. The highest BCUT2D eigenvalue weighted by Crippen LogP contribution is 2.41. The fourth-order valence-corrected chi connectivity index (χ4v) is 1.97. The van der Waals surface area contributed by atoms with Crippen molar-refractivity contribution in [3.8, 4) is 0 Å². The van der Waals surface area contributed by atoms with E-state index in [-0.39, 0.29) is 11.2 Å². The summed E-state index contributed by atoms with van der Waals surface area (Å²) >= 11 is 0. The number of para-hydroxylation sites is 1. The van der Waals surface area contributed by atoms with Crippen LogP contribution >= 0.6 is 0 Å². The standard InChI is InChI=1S/C14H18N2O2/c1-13(2)14(3,4)18-16(17-13)11-7-5-6-10-8-9-15-12(10)11/h5-9,15H,1-4H3. The molecule has 0 radical (unpaired) electrons. The minimum Gasteiger partial charge on any atom is -0.359 e. The Morgan fingerprint density at radius 1 is 1.00 bits per heavy atom. The molecule has 0 aliphatic carbocycles. The molecule has 1 N–H and O–H groups in total. The van der Waals surface area contributed by atoms with Gasteiger partial charge in [0.25, 0.3) is 0 Å². The molecule has 4 nitrogen and oxygen atoms in total. The van der Waals surface area contributed by atoms with Gasteiger partial charge < -0.3 is 4.98 Å². The third kappa shape index (κ3) is 1.53. The van der Waals surface area contributed by atoms with Crippen molar-refractivity contribution in [3.63, 3.8) is 0 Å². The molecular weight excluding hydrogens is 228 g/mol. The van der Waals surface area contributed by atoms with Crippen molar-refractivity contribution in [1.29, 1.82) is 0 Å². The van der Waals surface area contributed by atoms with E-state index in [1.54, 1.807) is 0 Å². The van der Waals surface area contributed by atoms with Crippen LogP contribution in [0.25, 0.3) is 10.9 Å². The Hall–Kier alpha value is -1.52. The lowest BCUT2D eigenvalue weighted by Crippen LogP contribution is -2.41. The van der Waals surface area contributed by atoms with Gasteiger partial charge in [0.15, 0.2) is 0 Å². The molecule has 0 spiro atoms. The maximum absolute atomic E-state index is 5.92. The summed E-state index contributed by atoms with van der Waals surface area (Å²) in [4.78, 5) is 15.1. The summed E-state index contributed by atoms with van der Waals surface area (Å²) in [6.07, 6.45) is 1.92. The van der Waals surface area contributed by atoms with Crippen LogP contribution in [0.5, 0.6) is 0 Å². The molecule has 0 atom stereocenters. The Balaban J connectivity index is 2.05. The highest BCUT2D eigenvalue weighted by molar-refractivity contribution is 5.90. The zero-order chi connectivity index (χ0) is 13.0. The predicted octanol–water partition coefficient (Wildman–Crippen LogP) is 3.41. The summed E-state index contributed by atoms with van der Waals surface area (Å²) < 4.78 is 0. The Morgan fingerprint density at radius 2 is 1.67 bits per heavy atom. The van der Waals surface area contributed by atoms with Gasteiger partial charge in [-0.3, -0.25) is 0 Å². The van der Waals surface area contributed by atoms with E-state index in [1.165, 1.54) is 5.23 Å². The predicted molar refractivity (Wildman–Crippen MR) is 71.1 cm³/mol. The van der Waals surface area contributed by atoms with Crippen molar-refractivity contribution < 1.29 is 9.68 Å². The molecule has 1 aromatic carbocycles. The van der Waals surface area contributed by atoms with Crippen LogP contribution in [0.1, 0.15) is 27.7 Å². The first-order valence-electron chi connectivity index (χ1n) is 6.15. The largest absolute Gasteiger partial charge is 0.359 e. The molecule has 1 aliphatic rings. The first kappa shape index (κ1) is 11.6. The number of aromatic nitrogens is 1. The minimum absolute atomic E-state index is 0.373. The summed E-state index contributed by atoms with van der Waals surface area (Å²) in [6.45, 7) is 8.12. The summed E-state index contributed by atoms with van der Waals surface area (Å²) in [7, 11) is 0. The Labute approximate surface area is 106 Å². The highest BCUT2D eigenvalue weighted by Gasteiger charge is 2.50. The third-order valence-electron chi connectivity index (χ3n) is 3.83. The van der Waals surface area contributed by atoms with E-state index in [2.05, 4.69) is 11.1 Å². The average Bonchev–Trinajstić information content (AvgIpc) is 2.81. The van der Waals surface area contributed by atoms with Gasteiger partial charge in [-0.25, -0.2) is 9.68 Å². The van der Waals surface area contributed by atoms with Crippen molar-refractivity contribution >= 4 is 16.6 Å². The molecule has 2 heterocycles. The SMILES string of the molecule is CC1(C)ON(c2cccc3cc[nH]c23)OC1(C)C. The topological polar surface area (TPSA) is 37.5 Å². The molecule has 0 amide bonds. The van der Waals surface area contributed by atoms with Gasteiger partial charge in [0.2, 0.25) is 0 Å². The number of rotatable bonds is 1. The average molecular weight is 246 g/mol. The minimum atomic E-state index is -0.373. The molecule has 96 valence electrons. The van der Waals surface area contributed by atoms with Crippen molar-refractivity contribution in [1.82, 2.24) is 4.98 Å². The number of H-pyrrole nitrogens is 1. The number of benzene rings is 1. The fraction of sp³-hybridized carbons (Fsp3) is 0.429. The van der Waals surface area contributed by atoms with Gasteiger partial charge in [0, 0.05) is 11.6 Å². The van der Waals surface area contributed by atoms with E-state index in [0.717, 1.165) is 16.6 Å². The first-order chi connectivity index (χ1) is 8.41. The van der Waals surface area contributed by atoms with Gasteiger partial charge in [0.1, 0.15) is 16.9 Å². The number of anilines is 1. The lowest BCUT2D eigenvalue weighted by Gasteiger charge is -2.26. The Morgan fingerprint density at radius 3 is 2.33 bits per heavy atom. The van der Waals surface area contributed by atoms with E-state index in [1.807, 2.05) is 52.1 Å². The zero-order valence-electron chi connectivity index (χ0n) is 11.2. The van der Waals surface area contributed by atoms with Crippen LogP contribution < -0.4 is 5.23 Å². The van der Waals surface area contributed by atoms with E-state index in [0.29, 0.717) is 0 Å². The Kier molecular flexibility index (Phi) is 2.24. The number of nitrogens with zero attached hydrogens (tertiary/aromatic N) is 1. The van der Waals surface area contributed by atoms with Gasteiger partial charge >= 0.3 is 0 Å². The molecule has 0 bridgehead atoms. The number of hydrogen-bond acceptors (Lipinski definition) is 3. The molecule has 1 aliphatic heterocycles. The van der Waals surface area contributed by atoms with Crippen LogP contribution in [0.4, 0.5) is 5.69 Å². The van der Waals surface area contributed by atoms with Gasteiger partial charge in [-0.1, -0.05) is 12.1 Å². The highest BCUT2D eigenvalue weighted by atomic mass is 17.0. The number of nitrogens with one attached hydrogen (secondary N) is 1. The first-order valence-corrected chi connectivity index (χ1v) is 6.15. The van der Waals surface area contributed by atoms with E-state index >= 15 is 0 Å². The van der Waals surface area contributed by atoms with Gasteiger partial charge in [-0.05, 0) is 39.8 Å². The zero-order valence-corrected chi connectivity index (χ0v) is 11.2. The maximum atomic E-state index is 5.92. The number of aromatic amines is 1. The van der Waals surface area contributed by atoms with Crippen LogP contribution in [0.15, 0.2) is 30.5 Å². The van der Waals surface area contributed by atoms with Crippen LogP contribution in [0.3, 0.4) is 0 Å². The van der Waals surface area contributed by atoms with E-state index in [4.69, 9.17) is 9.68 Å². The monoisotopic (exact) mass is 246 g/mol. The van der Waals surface area contributed by atoms with Crippen molar-refractivity contribution in [2.24, 2.45) is 0 Å². The third-order valence-corrected chi connectivity index (χ3v) is 3.83. The molecular formula is C14H18N2O2. The van der Waals surface area contributed by atoms with Crippen LogP contribution in [-0.2, 0) is 9.68 Å². The van der Waals surface area contributed by atoms with Crippen LogP contribution in [0, 0.1) is 0 Å². The van der Waals surface area contributed by atoms with Gasteiger partial charge in [-0.2, -0.15) is 0 Å². The molecule has 0 saturated carbocycles. The molecule has 1 saturated heterocycles. The molecule has 0 unspecified atom stereocenters. The second-order valence-electron chi connectivity index (χ2n) is 5.68. The lowest BCUT2D eigenvalue weighted by atomic mass is 9.90. The fourth-order valence-electron chi connectivity index (χ4n) is 1.97. The second-order valence-corrected chi connectivity index (χ2v) is 5.68. The van der Waals surface area contributed by atoms with E-state index in [9.17, 15) is 0 Å². The number of fused-ring (bicyclic) bond motifs is 1. The molecule has 2 aromatic rings.